The molecule has 0 heterocycles. The number of carboxylic acids is 1. The average Bonchev–Trinajstić information content (AvgIpc) is 2.73. The fourth-order valence-corrected chi connectivity index (χ4v) is 3.35. The summed E-state index contributed by atoms with van der Waals surface area (Å²) in [5.41, 5.74) is 1.71. The predicted molar refractivity (Wildman–Crippen MR) is 116 cm³/mol. The summed E-state index contributed by atoms with van der Waals surface area (Å²) in [7, 11) is 0. The molecule has 0 atom stereocenters. The number of benzene rings is 2. The summed E-state index contributed by atoms with van der Waals surface area (Å²) in [5, 5.41) is 9.26. The van der Waals surface area contributed by atoms with Gasteiger partial charge in [-0.15, -0.1) is 0 Å². The second-order valence-electron chi connectivity index (χ2n) is 7.43. The fraction of sp³-hybridized carbons (Fsp3) is 0.440. The maximum atomic E-state index is 12.3. The Bertz CT molecular complexity index is 768. The summed E-state index contributed by atoms with van der Waals surface area (Å²) >= 11 is 0. The lowest BCUT2D eigenvalue weighted by Crippen LogP contribution is -2.09. The van der Waals surface area contributed by atoms with E-state index < -0.39 is 5.97 Å². The molecule has 0 bridgehead atoms. The highest BCUT2D eigenvalue weighted by Gasteiger charge is 2.14. The van der Waals surface area contributed by atoms with Crippen LogP contribution in [0.2, 0.25) is 0 Å². The number of ether oxygens (including phenoxy) is 1. The van der Waals surface area contributed by atoms with E-state index in [4.69, 9.17) is 4.74 Å². The molecule has 4 nitrogen and oxygen atoms in total. The van der Waals surface area contributed by atoms with Gasteiger partial charge in [-0.05, 0) is 30.2 Å². The van der Waals surface area contributed by atoms with Crippen LogP contribution < -0.4 is 4.74 Å². The van der Waals surface area contributed by atoms with Gasteiger partial charge in [0.1, 0.15) is 5.75 Å². The first-order valence-electron chi connectivity index (χ1n) is 10.7. The molecular weight excluding hydrogens is 364 g/mol. The lowest BCUT2D eigenvalue weighted by Gasteiger charge is -2.11. The van der Waals surface area contributed by atoms with E-state index in [0.717, 1.165) is 30.4 Å². The van der Waals surface area contributed by atoms with Gasteiger partial charge in [0.2, 0.25) is 0 Å². The van der Waals surface area contributed by atoms with E-state index in [9.17, 15) is 14.7 Å². The third kappa shape index (κ3) is 8.10. The molecule has 0 unspecified atom stereocenters. The summed E-state index contributed by atoms with van der Waals surface area (Å²) in [5.74, 6) is -1.05. The number of esters is 1. The van der Waals surface area contributed by atoms with Crippen molar-refractivity contribution in [3.05, 3.63) is 54.1 Å². The molecular formula is C25H32O4. The minimum Gasteiger partial charge on any atom is -0.478 e. The summed E-state index contributed by atoms with van der Waals surface area (Å²) in [4.78, 5) is 23.6. The van der Waals surface area contributed by atoms with Crippen molar-refractivity contribution < 1.29 is 19.4 Å². The number of hydrogen-bond acceptors (Lipinski definition) is 3. The van der Waals surface area contributed by atoms with Gasteiger partial charge in [0, 0.05) is 12.0 Å². The second kappa shape index (κ2) is 12.8. The zero-order chi connectivity index (χ0) is 20.9. The van der Waals surface area contributed by atoms with Crippen LogP contribution in [0.1, 0.15) is 81.5 Å². The van der Waals surface area contributed by atoms with Gasteiger partial charge >= 0.3 is 11.9 Å². The molecule has 0 aromatic heterocycles. The number of hydrogen-bond donors (Lipinski definition) is 1. The van der Waals surface area contributed by atoms with Crippen molar-refractivity contribution in [2.75, 3.05) is 0 Å². The Morgan fingerprint density at radius 1 is 0.828 bits per heavy atom. The molecule has 0 aliphatic rings. The molecule has 0 saturated carbocycles. The lowest BCUT2D eigenvalue weighted by molar-refractivity contribution is -0.134. The normalized spacial score (nSPS) is 10.7. The minimum atomic E-state index is -1.04. The quantitative estimate of drug-likeness (QED) is 0.228. The standard InChI is InChI=1S/C25H32O4/c1-2-3-4-5-6-7-8-9-13-16-24(26)29-23-19-21(25(27)28)17-18-22(23)20-14-11-10-12-15-20/h10-12,14-15,17-19H,2-9,13,16H2,1H3,(H,27,28). The van der Waals surface area contributed by atoms with Crippen LogP contribution in [0.25, 0.3) is 11.1 Å². The van der Waals surface area contributed by atoms with Crippen LogP contribution in [-0.2, 0) is 4.79 Å². The van der Waals surface area contributed by atoms with Crippen LogP contribution in [0.5, 0.6) is 5.75 Å². The van der Waals surface area contributed by atoms with E-state index in [1.807, 2.05) is 30.3 Å². The number of rotatable bonds is 13. The van der Waals surface area contributed by atoms with Crippen molar-refractivity contribution in [2.45, 2.75) is 71.1 Å². The Hall–Kier alpha value is -2.62. The Morgan fingerprint density at radius 3 is 2.07 bits per heavy atom. The summed E-state index contributed by atoms with van der Waals surface area (Å²) in [6.07, 6.45) is 11.0. The first-order chi connectivity index (χ1) is 14.1. The van der Waals surface area contributed by atoms with Gasteiger partial charge in [-0.25, -0.2) is 4.79 Å². The van der Waals surface area contributed by atoms with Crippen molar-refractivity contribution in [1.29, 1.82) is 0 Å². The average molecular weight is 397 g/mol. The number of carboxylic acid groups (broad SMARTS) is 1. The van der Waals surface area contributed by atoms with Gasteiger partial charge < -0.3 is 9.84 Å². The maximum absolute atomic E-state index is 12.3. The second-order valence-corrected chi connectivity index (χ2v) is 7.43. The van der Waals surface area contributed by atoms with Crippen molar-refractivity contribution in [3.63, 3.8) is 0 Å². The van der Waals surface area contributed by atoms with Crippen LogP contribution in [0.4, 0.5) is 0 Å². The topological polar surface area (TPSA) is 63.6 Å². The highest BCUT2D eigenvalue weighted by Crippen LogP contribution is 2.31. The molecule has 0 aliphatic carbocycles. The zero-order valence-electron chi connectivity index (χ0n) is 17.4. The van der Waals surface area contributed by atoms with Gasteiger partial charge in [0.15, 0.2) is 0 Å². The monoisotopic (exact) mass is 396 g/mol. The minimum absolute atomic E-state index is 0.107. The van der Waals surface area contributed by atoms with Crippen molar-refractivity contribution in [3.8, 4) is 16.9 Å². The van der Waals surface area contributed by atoms with Gasteiger partial charge in [0.25, 0.3) is 0 Å². The van der Waals surface area contributed by atoms with Gasteiger partial charge in [0.05, 0.1) is 5.56 Å². The molecule has 0 spiro atoms. The number of aromatic carboxylic acids is 1. The van der Waals surface area contributed by atoms with E-state index in [1.165, 1.54) is 50.7 Å². The largest absolute Gasteiger partial charge is 0.478 e. The molecule has 2 aromatic carbocycles. The molecule has 156 valence electrons. The molecule has 4 heteroatoms. The smallest absolute Gasteiger partial charge is 0.335 e. The molecule has 2 rings (SSSR count). The molecule has 0 aliphatic heterocycles. The van der Waals surface area contributed by atoms with Crippen molar-refractivity contribution in [1.82, 2.24) is 0 Å². The van der Waals surface area contributed by atoms with E-state index in [-0.39, 0.29) is 11.5 Å². The Labute approximate surface area is 173 Å². The number of carbonyl (C=O) groups excluding carboxylic acids is 1. The Kier molecular flexibility index (Phi) is 9.98. The fourth-order valence-electron chi connectivity index (χ4n) is 3.35. The zero-order valence-corrected chi connectivity index (χ0v) is 17.4. The molecule has 0 radical (unpaired) electrons. The Morgan fingerprint density at radius 2 is 1.45 bits per heavy atom. The van der Waals surface area contributed by atoms with Crippen LogP contribution in [-0.4, -0.2) is 17.0 Å². The number of unbranched alkanes of at least 4 members (excludes halogenated alkanes) is 8. The molecule has 29 heavy (non-hydrogen) atoms. The Balaban J connectivity index is 1.85. The van der Waals surface area contributed by atoms with E-state index >= 15 is 0 Å². The molecule has 0 fully saturated rings. The van der Waals surface area contributed by atoms with Crippen molar-refractivity contribution in [2.24, 2.45) is 0 Å². The van der Waals surface area contributed by atoms with Gasteiger partial charge in [-0.3, -0.25) is 4.79 Å². The maximum Gasteiger partial charge on any atom is 0.335 e. The van der Waals surface area contributed by atoms with Crippen LogP contribution in [0, 0.1) is 0 Å². The van der Waals surface area contributed by atoms with Gasteiger partial charge in [-0.2, -0.15) is 0 Å². The SMILES string of the molecule is CCCCCCCCCCCC(=O)Oc1cc(C(=O)O)ccc1-c1ccccc1. The molecule has 0 amide bonds. The van der Waals surface area contributed by atoms with Crippen LogP contribution in [0.3, 0.4) is 0 Å². The molecule has 2 aromatic rings. The van der Waals surface area contributed by atoms with Crippen LogP contribution >= 0.6 is 0 Å². The van der Waals surface area contributed by atoms with E-state index in [0.29, 0.717) is 12.2 Å². The predicted octanol–water partition coefficient (Wildman–Crippen LogP) is 6.88. The summed E-state index contributed by atoms with van der Waals surface area (Å²) in [6.45, 7) is 2.22. The molecule has 0 saturated heterocycles. The number of carbonyl (C=O) groups is 2. The molecule has 1 N–H and O–H groups in total. The lowest BCUT2D eigenvalue weighted by atomic mass is 10.0. The van der Waals surface area contributed by atoms with Crippen molar-refractivity contribution >= 4 is 11.9 Å². The van der Waals surface area contributed by atoms with E-state index in [2.05, 4.69) is 6.92 Å². The summed E-state index contributed by atoms with van der Waals surface area (Å²) < 4.78 is 5.56. The highest BCUT2D eigenvalue weighted by molar-refractivity contribution is 5.90. The highest BCUT2D eigenvalue weighted by atomic mass is 16.5. The van der Waals surface area contributed by atoms with Gasteiger partial charge in [-0.1, -0.05) is 88.6 Å². The first kappa shape index (κ1) is 22.7. The van der Waals surface area contributed by atoms with E-state index in [1.54, 1.807) is 6.07 Å². The van der Waals surface area contributed by atoms with Crippen LogP contribution in [0.15, 0.2) is 48.5 Å². The third-order valence-corrected chi connectivity index (χ3v) is 5.02. The first-order valence-corrected chi connectivity index (χ1v) is 10.7. The third-order valence-electron chi connectivity index (χ3n) is 5.02. The summed E-state index contributed by atoms with van der Waals surface area (Å²) in [6, 6.07) is 14.2.